The van der Waals surface area contributed by atoms with Crippen molar-refractivity contribution in [2.75, 3.05) is 11.5 Å². The van der Waals surface area contributed by atoms with Gasteiger partial charge in [-0.15, -0.1) is 6.58 Å². The zero-order chi connectivity index (χ0) is 32.3. The van der Waals surface area contributed by atoms with Crippen LogP contribution in [0.3, 0.4) is 0 Å². The standard InChI is InChI=1S/C34H54N2O6S2/c1-8-10-23(29(37)35-27-18-25-13-15-33(27,31(25,4)5)20-43(35,39)40)17-24(12-9-11-22(2)3)30(38)36-28-19-26-14-16-34(28,32(26,6)7)21-44(36,41)42/h8,22-28H,1,9-21H2,2-7H3/t23-,24-,25+,26+,27+,28+,33+,34+/m0/s1. The number of hydrogen-bond donors (Lipinski definition) is 0. The van der Waals surface area contributed by atoms with Crippen LogP contribution in [-0.2, 0) is 29.6 Å². The van der Waals surface area contributed by atoms with Crippen molar-refractivity contribution in [2.45, 2.75) is 124 Å². The molecule has 0 aromatic carbocycles. The van der Waals surface area contributed by atoms with E-state index in [1.165, 1.54) is 8.61 Å². The summed E-state index contributed by atoms with van der Waals surface area (Å²) < 4.78 is 57.6. The summed E-state index contributed by atoms with van der Waals surface area (Å²) in [6.07, 6.45) is 9.17. The number of carbonyl (C=O) groups is 2. The molecular formula is C34H54N2O6S2. The minimum absolute atomic E-state index is 0.00417. The van der Waals surface area contributed by atoms with Crippen LogP contribution in [0, 0.1) is 51.2 Å². The zero-order valence-corrected chi connectivity index (χ0v) is 29.3. The van der Waals surface area contributed by atoms with Gasteiger partial charge in [0.2, 0.25) is 31.9 Å². The van der Waals surface area contributed by atoms with E-state index in [2.05, 4.69) is 48.1 Å². The van der Waals surface area contributed by atoms with Gasteiger partial charge in [-0.05, 0) is 86.4 Å². The topological polar surface area (TPSA) is 109 Å². The summed E-state index contributed by atoms with van der Waals surface area (Å²) in [5.41, 5.74) is -1.15. The lowest BCUT2D eigenvalue weighted by Gasteiger charge is -2.38. The molecule has 2 aliphatic heterocycles. The second kappa shape index (κ2) is 10.3. The molecule has 0 aromatic heterocycles. The van der Waals surface area contributed by atoms with Gasteiger partial charge in [-0.25, -0.2) is 25.4 Å². The zero-order valence-electron chi connectivity index (χ0n) is 27.7. The number of rotatable bonds is 10. The van der Waals surface area contributed by atoms with Gasteiger partial charge in [-0.3, -0.25) is 9.59 Å². The third-order valence-electron chi connectivity index (χ3n) is 14.3. The normalized spacial score (nSPS) is 39.4. The molecule has 0 N–H and O–H groups in total. The summed E-state index contributed by atoms with van der Waals surface area (Å²) in [6.45, 7) is 16.8. The van der Waals surface area contributed by atoms with Crippen LogP contribution in [0.15, 0.2) is 12.7 Å². The number of allylic oxidation sites excluding steroid dienone is 1. The van der Waals surface area contributed by atoms with Crippen molar-refractivity contribution < 1.29 is 26.4 Å². The van der Waals surface area contributed by atoms with Crippen LogP contribution < -0.4 is 0 Å². The third kappa shape index (κ3) is 4.30. The molecule has 8 atom stereocenters. The molecule has 10 heteroatoms. The molecule has 0 aromatic rings. The van der Waals surface area contributed by atoms with Crippen LogP contribution in [0.2, 0.25) is 0 Å². The monoisotopic (exact) mass is 650 g/mol. The molecule has 2 saturated heterocycles. The number of nitrogens with zero attached hydrogens (tertiary/aromatic N) is 2. The summed E-state index contributed by atoms with van der Waals surface area (Å²) >= 11 is 0. The van der Waals surface area contributed by atoms with Crippen molar-refractivity contribution in [3.05, 3.63) is 12.7 Å². The summed E-state index contributed by atoms with van der Waals surface area (Å²) in [7, 11) is -7.62. The molecule has 2 heterocycles. The van der Waals surface area contributed by atoms with E-state index in [1.807, 2.05) is 0 Å². The predicted octanol–water partition coefficient (Wildman–Crippen LogP) is 5.75. The smallest absolute Gasteiger partial charge is 0.239 e. The molecule has 6 aliphatic rings. The maximum Gasteiger partial charge on any atom is 0.239 e. The maximum atomic E-state index is 14.5. The van der Waals surface area contributed by atoms with Crippen LogP contribution in [0.1, 0.15) is 112 Å². The Morgan fingerprint density at radius 2 is 1.25 bits per heavy atom. The molecule has 44 heavy (non-hydrogen) atoms. The van der Waals surface area contributed by atoms with E-state index < -0.39 is 48.6 Å². The summed E-state index contributed by atoms with van der Waals surface area (Å²) in [4.78, 5) is 28.9. The van der Waals surface area contributed by atoms with Crippen LogP contribution in [0.4, 0.5) is 0 Å². The van der Waals surface area contributed by atoms with Gasteiger partial charge in [-0.1, -0.05) is 60.5 Å². The van der Waals surface area contributed by atoms with Gasteiger partial charge in [0.1, 0.15) is 0 Å². The Bertz CT molecular complexity index is 1450. The third-order valence-corrected chi connectivity index (χ3v) is 18.1. The van der Waals surface area contributed by atoms with E-state index >= 15 is 0 Å². The van der Waals surface area contributed by atoms with E-state index in [9.17, 15) is 26.4 Å². The van der Waals surface area contributed by atoms with Crippen molar-refractivity contribution in [3.8, 4) is 0 Å². The molecule has 2 amide bonds. The molecule has 6 rings (SSSR count). The number of carbonyl (C=O) groups excluding carboxylic acids is 2. The average molecular weight is 651 g/mol. The van der Waals surface area contributed by atoms with Crippen molar-refractivity contribution >= 4 is 31.9 Å². The Morgan fingerprint density at radius 3 is 1.66 bits per heavy atom. The highest BCUT2D eigenvalue weighted by Crippen LogP contribution is 2.71. The molecule has 248 valence electrons. The van der Waals surface area contributed by atoms with Crippen molar-refractivity contribution in [2.24, 2.45) is 51.2 Å². The Labute approximate surface area is 265 Å². The molecule has 0 unspecified atom stereocenters. The van der Waals surface area contributed by atoms with Crippen LogP contribution in [0.25, 0.3) is 0 Å². The molecule has 2 spiro atoms. The summed E-state index contributed by atoms with van der Waals surface area (Å²) in [5, 5.41) is 0. The van der Waals surface area contributed by atoms with Gasteiger partial charge in [-0.2, -0.15) is 0 Å². The van der Waals surface area contributed by atoms with E-state index in [-0.39, 0.29) is 53.2 Å². The minimum atomic E-state index is -3.82. The van der Waals surface area contributed by atoms with Crippen LogP contribution >= 0.6 is 0 Å². The molecule has 8 nitrogen and oxygen atoms in total. The number of sulfonamides is 2. The van der Waals surface area contributed by atoms with E-state index in [0.29, 0.717) is 37.0 Å². The van der Waals surface area contributed by atoms with Gasteiger partial charge < -0.3 is 0 Å². The maximum absolute atomic E-state index is 14.5. The van der Waals surface area contributed by atoms with Crippen molar-refractivity contribution in [1.82, 2.24) is 8.61 Å². The van der Waals surface area contributed by atoms with E-state index in [0.717, 1.165) is 38.5 Å². The molecule has 4 aliphatic carbocycles. The van der Waals surface area contributed by atoms with Gasteiger partial charge in [0, 0.05) is 22.7 Å². The van der Waals surface area contributed by atoms with Gasteiger partial charge in [0.05, 0.1) is 23.6 Å². The number of fused-ring (bicyclic) bond motifs is 2. The first kappa shape index (κ1) is 32.5. The second-order valence-electron chi connectivity index (χ2n) is 17.0. The molecule has 4 saturated carbocycles. The highest BCUT2D eigenvalue weighted by molar-refractivity contribution is 7.90. The van der Waals surface area contributed by atoms with Crippen LogP contribution in [-0.4, -0.2) is 60.8 Å². The second-order valence-corrected chi connectivity index (χ2v) is 20.7. The van der Waals surface area contributed by atoms with Crippen molar-refractivity contribution in [1.29, 1.82) is 0 Å². The molecule has 4 bridgehead atoms. The number of amides is 2. The number of hydrogen-bond acceptors (Lipinski definition) is 6. The van der Waals surface area contributed by atoms with Crippen LogP contribution in [0.5, 0.6) is 0 Å². The first-order valence-corrected chi connectivity index (χ1v) is 20.3. The largest absolute Gasteiger partial charge is 0.273 e. The first-order chi connectivity index (χ1) is 20.4. The Balaban J connectivity index is 1.30. The Morgan fingerprint density at radius 1 is 0.795 bits per heavy atom. The van der Waals surface area contributed by atoms with Gasteiger partial charge >= 0.3 is 0 Å². The predicted molar refractivity (Wildman–Crippen MR) is 171 cm³/mol. The van der Waals surface area contributed by atoms with Gasteiger partial charge in [0.25, 0.3) is 0 Å². The van der Waals surface area contributed by atoms with E-state index in [4.69, 9.17) is 0 Å². The molecule has 6 fully saturated rings. The summed E-state index contributed by atoms with van der Waals surface area (Å²) in [5.74, 6) is -1.01. The first-order valence-electron chi connectivity index (χ1n) is 17.1. The fraction of sp³-hybridized carbons (Fsp3) is 0.882. The fourth-order valence-electron chi connectivity index (χ4n) is 11.5. The summed E-state index contributed by atoms with van der Waals surface area (Å²) in [6, 6.07) is -0.670. The Hall–Kier alpha value is -1.42. The highest BCUT2D eigenvalue weighted by Gasteiger charge is 2.74. The lowest BCUT2D eigenvalue weighted by molar-refractivity contribution is -0.137. The van der Waals surface area contributed by atoms with Crippen molar-refractivity contribution in [3.63, 3.8) is 0 Å². The quantitative estimate of drug-likeness (QED) is 0.279. The highest BCUT2D eigenvalue weighted by atomic mass is 32.2. The SMILES string of the molecule is C=CC[C@@H](C[C@H](CCCC(C)C)C(=O)N1[C@@H]2C[C@H]3CC[C@]2(CS1(=O)=O)C3(C)C)C(=O)N1[C@@H]2C[C@H]3CC[C@]2(CS1(=O)=O)C3(C)C. The molecular weight excluding hydrogens is 597 g/mol. The lowest BCUT2D eigenvalue weighted by Crippen LogP contribution is -2.48. The average Bonchev–Trinajstić information content (AvgIpc) is 3.60. The fourth-order valence-corrected chi connectivity index (χ4v) is 16.7. The van der Waals surface area contributed by atoms with Gasteiger partial charge in [0.15, 0.2) is 0 Å². The Kier molecular flexibility index (Phi) is 7.60. The lowest BCUT2D eigenvalue weighted by atomic mass is 9.69. The molecule has 0 radical (unpaired) electrons. The minimum Gasteiger partial charge on any atom is -0.273 e. The van der Waals surface area contributed by atoms with E-state index in [1.54, 1.807) is 6.08 Å².